The fourth-order valence-corrected chi connectivity index (χ4v) is 2.47. The number of rotatable bonds is 3. The van der Waals surface area contributed by atoms with E-state index in [1.54, 1.807) is 7.11 Å². The number of pyridine rings is 1. The minimum atomic E-state index is 0.577. The van der Waals surface area contributed by atoms with Gasteiger partial charge in [-0.1, -0.05) is 18.2 Å². The lowest BCUT2D eigenvalue weighted by Gasteiger charge is -2.06. The lowest BCUT2D eigenvalue weighted by Crippen LogP contribution is -1.96. The molecule has 2 aromatic heterocycles. The first-order valence-electron chi connectivity index (χ1n) is 6.72. The second kappa shape index (κ2) is 5.29. The molecule has 0 N–H and O–H groups in total. The highest BCUT2D eigenvalue weighted by molar-refractivity contribution is 5.50. The third kappa shape index (κ3) is 2.34. The summed E-state index contributed by atoms with van der Waals surface area (Å²) in [4.78, 5) is 4.60. The van der Waals surface area contributed by atoms with E-state index in [9.17, 15) is 5.26 Å². The van der Waals surface area contributed by atoms with Crippen molar-refractivity contribution in [3.63, 3.8) is 0 Å². The number of ether oxygens (including phenoxy) is 1. The Bertz CT molecular complexity index is 843. The Kier molecular flexibility index (Phi) is 3.33. The highest BCUT2D eigenvalue weighted by Crippen LogP contribution is 2.23. The Morgan fingerprint density at radius 2 is 2.10 bits per heavy atom. The van der Waals surface area contributed by atoms with Gasteiger partial charge in [-0.25, -0.2) is 4.98 Å². The van der Waals surface area contributed by atoms with Gasteiger partial charge in [0.15, 0.2) is 0 Å². The van der Waals surface area contributed by atoms with Gasteiger partial charge < -0.3 is 4.74 Å². The van der Waals surface area contributed by atoms with Gasteiger partial charge in [-0.15, -0.1) is 0 Å². The lowest BCUT2D eigenvalue weighted by molar-refractivity contribution is 0.410. The molecule has 21 heavy (non-hydrogen) atoms. The Morgan fingerprint density at radius 3 is 2.86 bits per heavy atom. The molecule has 3 rings (SSSR count). The van der Waals surface area contributed by atoms with Gasteiger partial charge in [0.1, 0.15) is 23.2 Å². The van der Waals surface area contributed by atoms with Crippen LogP contribution in [-0.4, -0.2) is 16.5 Å². The first kappa shape index (κ1) is 13.2. The number of benzene rings is 1. The van der Waals surface area contributed by atoms with E-state index in [1.165, 1.54) is 0 Å². The van der Waals surface area contributed by atoms with Crippen LogP contribution in [0.1, 0.15) is 22.5 Å². The van der Waals surface area contributed by atoms with E-state index in [1.807, 2.05) is 53.9 Å². The van der Waals surface area contributed by atoms with Gasteiger partial charge in [-0.2, -0.15) is 5.26 Å². The van der Waals surface area contributed by atoms with Crippen LogP contribution >= 0.6 is 0 Å². The molecule has 0 spiro atoms. The molecule has 0 unspecified atom stereocenters. The summed E-state index contributed by atoms with van der Waals surface area (Å²) in [5, 5.41) is 9.44. The molecule has 0 saturated carbocycles. The largest absolute Gasteiger partial charge is 0.496 e. The number of methoxy groups -OCH3 is 1. The molecule has 0 atom stereocenters. The number of nitrogens with zero attached hydrogens (tertiary/aromatic N) is 3. The summed E-state index contributed by atoms with van der Waals surface area (Å²) in [5.74, 6) is 0.814. The van der Waals surface area contributed by atoms with Gasteiger partial charge in [0.2, 0.25) is 0 Å². The van der Waals surface area contributed by atoms with Crippen LogP contribution in [0.5, 0.6) is 5.75 Å². The van der Waals surface area contributed by atoms with E-state index in [0.29, 0.717) is 12.1 Å². The van der Waals surface area contributed by atoms with Gasteiger partial charge >= 0.3 is 0 Å². The molecule has 1 aromatic carbocycles. The number of aromatic nitrogens is 2. The predicted molar refractivity (Wildman–Crippen MR) is 80.4 cm³/mol. The topological polar surface area (TPSA) is 50.3 Å². The van der Waals surface area contributed by atoms with Crippen molar-refractivity contribution in [2.45, 2.75) is 13.3 Å². The number of imidazole rings is 1. The van der Waals surface area contributed by atoms with E-state index >= 15 is 0 Å². The normalized spacial score (nSPS) is 10.5. The van der Waals surface area contributed by atoms with E-state index in [-0.39, 0.29) is 0 Å². The van der Waals surface area contributed by atoms with Crippen molar-refractivity contribution in [2.24, 2.45) is 0 Å². The molecule has 104 valence electrons. The van der Waals surface area contributed by atoms with Crippen molar-refractivity contribution < 1.29 is 4.74 Å². The molecule has 0 amide bonds. The SMILES string of the molecule is COc1ccccc1Cc1nc2cc(C)ccn2c1C#N. The van der Waals surface area contributed by atoms with Crippen LogP contribution in [0.15, 0.2) is 42.6 Å². The average molecular weight is 277 g/mol. The summed E-state index contributed by atoms with van der Waals surface area (Å²) in [6.45, 7) is 2.01. The van der Waals surface area contributed by atoms with Crippen LogP contribution in [0.25, 0.3) is 5.65 Å². The Balaban J connectivity index is 2.10. The highest BCUT2D eigenvalue weighted by atomic mass is 16.5. The number of hydrogen-bond donors (Lipinski definition) is 0. The molecule has 3 aromatic rings. The van der Waals surface area contributed by atoms with Gasteiger partial charge in [0, 0.05) is 18.2 Å². The Hall–Kier alpha value is -2.80. The molecule has 0 saturated heterocycles. The average Bonchev–Trinajstić information content (AvgIpc) is 2.83. The quantitative estimate of drug-likeness (QED) is 0.739. The van der Waals surface area contributed by atoms with Crippen LogP contribution < -0.4 is 4.74 Å². The molecule has 2 heterocycles. The lowest BCUT2D eigenvalue weighted by atomic mass is 10.1. The summed E-state index contributed by atoms with van der Waals surface area (Å²) in [6, 6.07) is 14.0. The number of aryl methyl sites for hydroxylation is 1. The summed E-state index contributed by atoms with van der Waals surface area (Å²) in [6.07, 6.45) is 2.47. The van der Waals surface area contributed by atoms with Crippen LogP contribution in [0.4, 0.5) is 0 Å². The first-order chi connectivity index (χ1) is 10.2. The van der Waals surface area contributed by atoms with Crippen LogP contribution in [-0.2, 0) is 6.42 Å². The zero-order valence-corrected chi connectivity index (χ0v) is 12.0. The maximum Gasteiger partial charge on any atom is 0.148 e. The third-order valence-electron chi connectivity index (χ3n) is 3.51. The first-order valence-corrected chi connectivity index (χ1v) is 6.72. The summed E-state index contributed by atoms with van der Waals surface area (Å²) in [5.41, 5.74) is 4.30. The summed E-state index contributed by atoms with van der Waals surface area (Å²) < 4.78 is 7.20. The maximum atomic E-state index is 9.44. The number of fused-ring (bicyclic) bond motifs is 1. The number of nitriles is 1. The molecule has 0 aliphatic rings. The summed E-state index contributed by atoms with van der Waals surface area (Å²) >= 11 is 0. The van der Waals surface area contributed by atoms with E-state index in [0.717, 1.165) is 28.2 Å². The molecule has 0 bridgehead atoms. The van der Waals surface area contributed by atoms with Crippen LogP contribution in [0.3, 0.4) is 0 Å². The molecule has 0 radical (unpaired) electrons. The van der Waals surface area contributed by atoms with Crippen molar-refractivity contribution in [2.75, 3.05) is 7.11 Å². The Morgan fingerprint density at radius 1 is 1.29 bits per heavy atom. The predicted octanol–water partition coefficient (Wildman–Crippen LogP) is 3.11. The minimum Gasteiger partial charge on any atom is -0.496 e. The fraction of sp³-hybridized carbons (Fsp3) is 0.176. The van der Waals surface area contributed by atoms with E-state index < -0.39 is 0 Å². The molecule has 4 nitrogen and oxygen atoms in total. The van der Waals surface area contributed by atoms with E-state index in [4.69, 9.17) is 4.74 Å². The van der Waals surface area contributed by atoms with Gasteiger partial charge in [-0.3, -0.25) is 4.40 Å². The molecule has 0 fully saturated rings. The van der Waals surface area contributed by atoms with Crippen molar-refractivity contribution in [3.8, 4) is 11.8 Å². The molecular formula is C17H15N3O. The molecular weight excluding hydrogens is 262 g/mol. The van der Waals surface area contributed by atoms with Crippen LogP contribution in [0.2, 0.25) is 0 Å². The van der Waals surface area contributed by atoms with Gasteiger partial charge in [-0.05, 0) is 30.7 Å². The van der Waals surface area contributed by atoms with Crippen molar-refractivity contribution in [1.82, 2.24) is 9.38 Å². The zero-order valence-electron chi connectivity index (χ0n) is 12.0. The maximum absolute atomic E-state index is 9.44. The minimum absolute atomic E-state index is 0.577. The van der Waals surface area contributed by atoms with Gasteiger partial charge in [0.25, 0.3) is 0 Å². The zero-order chi connectivity index (χ0) is 14.8. The smallest absolute Gasteiger partial charge is 0.148 e. The molecule has 0 aliphatic carbocycles. The second-order valence-electron chi connectivity index (χ2n) is 4.94. The second-order valence-corrected chi connectivity index (χ2v) is 4.94. The van der Waals surface area contributed by atoms with Crippen molar-refractivity contribution >= 4 is 5.65 Å². The van der Waals surface area contributed by atoms with Crippen molar-refractivity contribution in [3.05, 3.63) is 65.1 Å². The Labute approximate surface area is 123 Å². The molecule has 4 heteroatoms. The third-order valence-corrected chi connectivity index (χ3v) is 3.51. The summed E-state index contributed by atoms with van der Waals surface area (Å²) in [7, 11) is 1.65. The van der Waals surface area contributed by atoms with Crippen LogP contribution in [0, 0.1) is 18.3 Å². The highest BCUT2D eigenvalue weighted by Gasteiger charge is 2.14. The van der Waals surface area contributed by atoms with Crippen molar-refractivity contribution in [1.29, 1.82) is 5.26 Å². The fourth-order valence-electron chi connectivity index (χ4n) is 2.47. The standard InChI is InChI=1S/C17H15N3O/c1-12-7-8-20-15(11-18)14(19-17(20)9-12)10-13-5-3-4-6-16(13)21-2/h3-9H,10H2,1-2H3. The monoisotopic (exact) mass is 277 g/mol. The molecule has 0 aliphatic heterocycles. The number of para-hydroxylation sites is 1. The number of hydrogen-bond acceptors (Lipinski definition) is 3. The van der Waals surface area contributed by atoms with E-state index in [2.05, 4.69) is 11.1 Å². The van der Waals surface area contributed by atoms with Gasteiger partial charge in [0.05, 0.1) is 12.8 Å².